The molecule has 0 aromatic heterocycles. The Morgan fingerprint density at radius 2 is 2.06 bits per heavy atom. The first kappa shape index (κ1) is 12.4. The summed E-state index contributed by atoms with van der Waals surface area (Å²) in [5.74, 6) is 0.551. The summed E-state index contributed by atoms with van der Waals surface area (Å²) in [6.45, 7) is 8.74. The Bertz CT molecular complexity index is 325. The van der Waals surface area contributed by atoms with Crippen molar-refractivity contribution < 1.29 is 9.53 Å². The molecular weight excluding hydrogens is 218 g/mol. The highest BCUT2D eigenvalue weighted by Crippen LogP contribution is 2.24. The van der Waals surface area contributed by atoms with Crippen molar-refractivity contribution in [2.45, 2.75) is 39.2 Å². The quantitative estimate of drug-likeness (QED) is 0.707. The Hall–Kier alpha value is -1.10. The van der Waals surface area contributed by atoms with Crippen molar-refractivity contribution in [3.8, 4) is 0 Å². The average Bonchev–Trinajstić information content (AvgIpc) is 2.26. The summed E-state index contributed by atoms with van der Waals surface area (Å²) < 4.78 is 5.14. The number of carbonyl (C=O) groups is 1. The lowest BCUT2D eigenvalue weighted by atomic mass is 9.87. The van der Waals surface area contributed by atoms with Gasteiger partial charge in [0.15, 0.2) is 0 Å². The van der Waals surface area contributed by atoms with E-state index >= 15 is 0 Å². The van der Waals surface area contributed by atoms with E-state index in [1.807, 2.05) is 20.8 Å². The van der Waals surface area contributed by atoms with Crippen molar-refractivity contribution in [3.63, 3.8) is 0 Å². The highest BCUT2D eigenvalue weighted by Gasteiger charge is 2.31. The van der Waals surface area contributed by atoms with Crippen molar-refractivity contribution in [3.05, 3.63) is 0 Å². The standard InChI is InChI=1S/C12H21N3O2/c1-12(2,3)17-11(16)14-13-10-8-15-6-4-9(10)5-7-15/h9H,4-8H2,1-3H3,(H,14,16)/b13-10-. The van der Waals surface area contributed by atoms with Crippen LogP contribution in [-0.2, 0) is 4.74 Å². The Labute approximate surface area is 102 Å². The molecule has 1 N–H and O–H groups in total. The smallest absolute Gasteiger partial charge is 0.428 e. The van der Waals surface area contributed by atoms with Gasteiger partial charge in [-0.25, -0.2) is 10.2 Å². The van der Waals surface area contributed by atoms with Gasteiger partial charge in [0.2, 0.25) is 0 Å². The van der Waals surface area contributed by atoms with Gasteiger partial charge in [0, 0.05) is 12.5 Å². The maximum absolute atomic E-state index is 11.5. The SMILES string of the molecule is CC(C)(C)OC(=O)N/N=C1/CN2CCC1CC2. The van der Waals surface area contributed by atoms with E-state index in [0.717, 1.165) is 38.2 Å². The lowest BCUT2D eigenvalue weighted by molar-refractivity contribution is 0.0527. The Kier molecular flexibility index (Phi) is 3.38. The molecule has 3 aliphatic rings. The summed E-state index contributed by atoms with van der Waals surface area (Å²) in [6, 6.07) is 0. The van der Waals surface area contributed by atoms with Gasteiger partial charge in [-0.1, -0.05) is 0 Å². The van der Waals surface area contributed by atoms with Crippen LogP contribution in [0.1, 0.15) is 33.6 Å². The average molecular weight is 239 g/mol. The fraction of sp³-hybridized carbons (Fsp3) is 0.833. The van der Waals surface area contributed by atoms with Gasteiger partial charge in [-0.05, 0) is 46.7 Å². The van der Waals surface area contributed by atoms with E-state index in [0.29, 0.717) is 5.92 Å². The van der Waals surface area contributed by atoms with Crippen molar-refractivity contribution >= 4 is 11.8 Å². The first-order chi connectivity index (χ1) is 7.94. The number of nitrogens with zero attached hydrogens (tertiary/aromatic N) is 2. The number of rotatable bonds is 1. The molecule has 3 saturated heterocycles. The molecule has 5 nitrogen and oxygen atoms in total. The van der Waals surface area contributed by atoms with E-state index in [-0.39, 0.29) is 0 Å². The molecule has 5 heteroatoms. The Balaban J connectivity index is 1.86. The molecule has 2 bridgehead atoms. The molecule has 3 rings (SSSR count). The van der Waals surface area contributed by atoms with E-state index in [2.05, 4.69) is 15.4 Å². The van der Waals surface area contributed by atoms with E-state index in [1.54, 1.807) is 0 Å². The first-order valence-corrected chi connectivity index (χ1v) is 6.22. The van der Waals surface area contributed by atoms with Crippen LogP contribution in [0, 0.1) is 5.92 Å². The number of piperidine rings is 3. The van der Waals surface area contributed by atoms with E-state index in [1.165, 1.54) is 0 Å². The van der Waals surface area contributed by atoms with Crippen molar-refractivity contribution in [1.29, 1.82) is 0 Å². The number of nitrogens with one attached hydrogen (secondary N) is 1. The number of hydrogen-bond acceptors (Lipinski definition) is 4. The molecule has 0 aromatic rings. The van der Waals surface area contributed by atoms with Crippen LogP contribution < -0.4 is 5.43 Å². The largest absolute Gasteiger partial charge is 0.443 e. The van der Waals surface area contributed by atoms with Crippen molar-refractivity contribution in [2.24, 2.45) is 11.0 Å². The number of fused-ring (bicyclic) bond motifs is 3. The van der Waals surface area contributed by atoms with Crippen LogP contribution in [0.4, 0.5) is 4.79 Å². The summed E-state index contributed by atoms with van der Waals surface area (Å²) in [5.41, 5.74) is 3.11. The summed E-state index contributed by atoms with van der Waals surface area (Å²) in [4.78, 5) is 13.8. The molecule has 0 spiro atoms. The van der Waals surface area contributed by atoms with Crippen LogP contribution in [0.15, 0.2) is 5.10 Å². The van der Waals surface area contributed by atoms with Crippen LogP contribution in [0.5, 0.6) is 0 Å². The minimum atomic E-state index is -0.473. The van der Waals surface area contributed by atoms with Crippen LogP contribution in [0.25, 0.3) is 0 Å². The molecule has 96 valence electrons. The second-order valence-electron chi connectivity index (χ2n) is 5.77. The molecule has 3 aliphatic heterocycles. The fourth-order valence-electron chi connectivity index (χ4n) is 2.33. The topological polar surface area (TPSA) is 53.9 Å². The molecule has 0 unspecified atom stereocenters. The summed E-state index contributed by atoms with van der Waals surface area (Å²) in [6.07, 6.45) is 1.85. The molecule has 0 aliphatic carbocycles. The fourth-order valence-corrected chi connectivity index (χ4v) is 2.33. The summed E-state index contributed by atoms with van der Waals surface area (Å²) >= 11 is 0. The van der Waals surface area contributed by atoms with Gasteiger partial charge in [-0.3, -0.25) is 4.90 Å². The van der Waals surface area contributed by atoms with Crippen LogP contribution in [-0.4, -0.2) is 41.9 Å². The van der Waals surface area contributed by atoms with Gasteiger partial charge in [-0.2, -0.15) is 5.10 Å². The van der Waals surface area contributed by atoms with Crippen LogP contribution in [0.2, 0.25) is 0 Å². The van der Waals surface area contributed by atoms with Crippen LogP contribution in [0.3, 0.4) is 0 Å². The maximum Gasteiger partial charge on any atom is 0.428 e. The third kappa shape index (κ3) is 3.43. The third-order valence-corrected chi connectivity index (χ3v) is 3.13. The summed E-state index contributed by atoms with van der Waals surface area (Å²) in [7, 11) is 0. The highest BCUT2D eigenvalue weighted by atomic mass is 16.6. The van der Waals surface area contributed by atoms with E-state index in [9.17, 15) is 4.79 Å². The summed E-state index contributed by atoms with van der Waals surface area (Å²) in [5, 5.41) is 4.20. The molecule has 0 radical (unpaired) electrons. The van der Waals surface area contributed by atoms with Gasteiger partial charge < -0.3 is 4.74 Å². The molecule has 3 fully saturated rings. The zero-order chi connectivity index (χ0) is 12.5. The van der Waals surface area contributed by atoms with Gasteiger partial charge in [0.25, 0.3) is 0 Å². The third-order valence-electron chi connectivity index (χ3n) is 3.13. The molecule has 0 atom stereocenters. The predicted octanol–water partition coefficient (Wildman–Crippen LogP) is 1.59. The minimum Gasteiger partial charge on any atom is -0.443 e. The number of ether oxygens (including phenoxy) is 1. The van der Waals surface area contributed by atoms with Crippen LogP contribution >= 0.6 is 0 Å². The molecule has 1 amide bonds. The monoisotopic (exact) mass is 239 g/mol. The lowest BCUT2D eigenvalue weighted by Crippen LogP contribution is -2.48. The van der Waals surface area contributed by atoms with E-state index < -0.39 is 11.7 Å². The zero-order valence-corrected chi connectivity index (χ0v) is 10.8. The van der Waals surface area contributed by atoms with E-state index in [4.69, 9.17) is 4.74 Å². The second kappa shape index (κ2) is 4.64. The molecular formula is C12H21N3O2. The maximum atomic E-state index is 11.5. The van der Waals surface area contributed by atoms with Crippen molar-refractivity contribution in [1.82, 2.24) is 10.3 Å². The normalized spacial score (nSPS) is 30.4. The molecule has 3 heterocycles. The van der Waals surface area contributed by atoms with Gasteiger partial charge in [0.1, 0.15) is 5.60 Å². The first-order valence-electron chi connectivity index (χ1n) is 6.22. The number of hydrazone groups is 1. The number of carbonyl (C=O) groups excluding carboxylic acids is 1. The van der Waals surface area contributed by atoms with Gasteiger partial charge in [-0.15, -0.1) is 0 Å². The predicted molar refractivity (Wildman–Crippen MR) is 66.0 cm³/mol. The highest BCUT2D eigenvalue weighted by molar-refractivity contribution is 5.90. The van der Waals surface area contributed by atoms with Crippen molar-refractivity contribution in [2.75, 3.05) is 19.6 Å². The lowest BCUT2D eigenvalue weighted by Gasteiger charge is -2.39. The Morgan fingerprint density at radius 3 is 2.53 bits per heavy atom. The van der Waals surface area contributed by atoms with Gasteiger partial charge >= 0.3 is 6.09 Å². The molecule has 17 heavy (non-hydrogen) atoms. The molecule has 0 aromatic carbocycles. The number of hydrogen-bond donors (Lipinski definition) is 1. The number of amides is 1. The molecule has 0 saturated carbocycles. The van der Waals surface area contributed by atoms with Gasteiger partial charge in [0.05, 0.1) is 5.71 Å². The Morgan fingerprint density at radius 1 is 1.41 bits per heavy atom. The minimum absolute atomic E-state index is 0.471. The zero-order valence-electron chi connectivity index (χ0n) is 10.8. The second-order valence-corrected chi connectivity index (χ2v) is 5.77.